The molecule has 2 rings (SSSR count). The van der Waals surface area contributed by atoms with E-state index in [1.807, 2.05) is 0 Å². The maximum atomic E-state index is 11.3. The maximum Gasteiger partial charge on any atom is 0.308 e. The molecule has 2 fully saturated rings. The highest BCUT2D eigenvalue weighted by atomic mass is 128. The molecule has 15 heavy (non-hydrogen) atoms. The van der Waals surface area contributed by atoms with Gasteiger partial charge in [-0.3, -0.25) is 9.59 Å². The lowest BCUT2D eigenvalue weighted by Gasteiger charge is -2.14. The van der Waals surface area contributed by atoms with Crippen molar-refractivity contribution in [3.05, 3.63) is 0 Å². The molecule has 0 spiro atoms. The zero-order valence-electron chi connectivity index (χ0n) is 8.16. The summed E-state index contributed by atoms with van der Waals surface area (Å²) in [5.41, 5.74) is 0. The molecular weight excluding hydrogens is 424 g/mol. The van der Waals surface area contributed by atoms with Crippen LogP contribution in [0.25, 0.3) is 0 Å². The Labute approximate surface area is 112 Å². The predicted molar refractivity (Wildman–Crippen MR) is 73.1 cm³/mol. The van der Waals surface area contributed by atoms with E-state index < -0.39 is 11.9 Å². The largest absolute Gasteiger partial charge is 0.481 e. The number of hydrogen-bond acceptors (Lipinski definition) is 2. The average Bonchev–Trinajstić information content (AvgIpc) is 2.95. The zero-order chi connectivity index (χ0) is 11.4. The van der Waals surface area contributed by atoms with Gasteiger partial charge in [-0.05, 0) is 18.8 Å². The monoisotopic (exact) mass is 437 g/mol. The summed E-state index contributed by atoms with van der Waals surface area (Å²) in [6.07, 6.45) is 2.59. The van der Waals surface area contributed by atoms with E-state index in [1.54, 1.807) is 4.90 Å². The molecule has 2 aliphatic rings. The Kier molecular flexibility index (Phi) is 5.58. The molecule has 1 amide bonds. The first-order valence-electron chi connectivity index (χ1n) is 4.81. The fourth-order valence-electron chi connectivity index (χ4n) is 1.73. The van der Waals surface area contributed by atoms with E-state index in [-0.39, 0.29) is 12.3 Å². The van der Waals surface area contributed by atoms with E-state index >= 15 is 0 Å². The lowest BCUT2D eigenvalue weighted by molar-refractivity contribution is -0.141. The zero-order valence-corrected chi connectivity index (χ0v) is 12.5. The van der Waals surface area contributed by atoms with Gasteiger partial charge in [-0.25, -0.2) is 0 Å². The molecule has 1 unspecified atom stereocenters. The summed E-state index contributed by atoms with van der Waals surface area (Å²) < 4.78 is 0. The van der Waals surface area contributed by atoms with Crippen molar-refractivity contribution >= 4 is 49.1 Å². The highest BCUT2D eigenvalue weighted by Gasteiger charge is 2.36. The van der Waals surface area contributed by atoms with Gasteiger partial charge in [-0.2, -0.15) is 0 Å². The Morgan fingerprint density at radius 1 is 1.47 bits per heavy atom. The summed E-state index contributed by atoms with van der Waals surface area (Å²) in [4.78, 5) is 23.6. The molecule has 1 aliphatic heterocycles. The first-order chi connectivity index (χ1) is 7.16. The van der Waals surface area contributed by atoms with Crippen LogP contribution in [-0.4, -0.2) is 35.0 Å². The predicted octanol–water partition coefficient (Wildman–Crippen LogP) is 2.10. The van der Waals surface area contributed by atoms with E-state index in [9.17, 15) is 9.59 Å². The molecule has 0 aromatic carbocycles. The van der Waals surface area contributed by atoms with Crippen molar-refractivity contribution in [3.63, 3.8) is 0 Å². The lowest BCUT2D eigenvalue weighted by atomic mass is 10.1. The molecule has 1 heterocycles. The van der Waals surface area contributed by atoms with Gasteiger partial charge in [0.05, 0.1) is 5.92 Å². The second-order valence-electron chi connectivity index (χ2n) is 3.98. The van der Waals surface area contributed by atoms with Crippen molar-refractivity contribution in [2.75, 3.05) is 13.1 Å². The summed E-state index contributed by atoms with van der Waals surface area (Å²) in [7, 11) is 0. The fourth-order valence-corrected chi connectivity index (χ4v) is 1.73. The van der Waals surface area contributed by atoms with Gasteiger partial charge in [0.2, 0.25) is 5.91 Å². The Balaban J connectivity index is 0.000000531. The molecule has 1 saturated carbocycles. The van der Waals surface area contributed by atoms with Crippen LogP contribution >= 0.6 is 37.2 Å². The van der Waals surface area contributed by atoms with E-state index in [0.717, 1.165) is 6.54 Å². The Morgan fingerprint density at radius 3 is 2.47 bits per heavy atom. The second kappa shape index (κ2) is 6.21. The number of carbonyl (C=O) groups excluding carboxylic acids is 1. The lowest BCUT2D eigenvalue weighted by Crippen LogP contribution is -2.28. The molecule has 4 nitrogen and oxygen atoms in total. The first-order valence-corrected chi connectivity index (χ1v) is 11.1. The molecule has 86 valence electrons. The van der Waals surface area contributed by atoms with Crippen LogP contribution in [0.15, 0.2) is 0 Å². The molecule has 0 aromatic rings. The number of carboxylic acid groups (broad SMARTS) is 1. The third-order valence-corrected chi connectivity index (χ3v) is 2.74. The summed E-state index contributed by atoms with van der Waals surface area (Å²) in [6, 6.07) is 0. The molecule has 0 bridgehead atoms. The minimum absolute atomic E-state index is 0.0132. The quantitative estimate of drug-likeness (QED) is 0.689. The molecular formula is C9H13I2NO3. The number of rotatable bonds is 3. The molecule has 1 atom stereocenters. The van der Waals surface area contributed by atoms with Gasteiger partial charge in [-0.15, -0.1) is 0 Å². The number of halogens is 2. The van der Waals surface area contributed by atoms with Gasteiger partial charge < -0.3 is 10.0 Å². The third kappa shape index (κ3) is 4.04. The standard InChI is InChI=1S/C9H13NO3.I2/c11-8-3-7(9(12)13)5-10(8)4-6-1-2-6;1-2/h6-7H,1-5H2,(H,12,13);. The Bertz CT molecular complexity index is 256. The maximum absolute atomic E-state index is 11.3. The summed E-state index contributed by atoms with van der Waals surface area (Å²) >= 11 is 4.24. The number of hydrogen-bond donors (Lipinski definition) is 1. The van der Waals surface area contributed by atoms with Gasteiger partial charge >= 0.3 is 5.97 Å². The minimum atomic E-state index is -0.841. The minimum Gasteiger partial charge on any atom is -0.481 e. The molecule has 1 saturated heterocycles. The highest BCUT2D eigenvalue weighted by molar-refractivity contribution is 15.0. The van der Waals surface area contributed by atoms with Gasteiger partial charge in [-0.1, -0.05) is 0 Å². The van der Waals surface area contributed by atoms with Crippen molar-refractivity contribution in [2.24, 2.45) is 11.8 Å². The molecule has 1 N–H and O–H groups in total. The van der Waals surface area contributed by atoms with Gasteiger partial charge in [0, 0.05) is 56.7 Å². The SMILES string of the molecule is II.O=C(O)C1CC(=O)N(CC2CC2)C1. The van der Waals surface area contributed by atoms with Crippen LogP contribution in [0.5, 0.6) is 0 Å². The average molecular weight is 437 g/mol. The fraction of sp³-hybridized carbons (Fsp3) is 0.778. The molecule has 0 aromatic heterocycles. The van der Waals surface area contributed by atoms with Crippen LogP contribution in [-0.2, 0) is 9.59 Å². The Hall–Kier alpha value is 0.400. The van der Waals surface area contributed by atoms with Crippen molar-refractivity contribution in [2.45, 2.75) is 19.3 Å². The number of carbonyl (C=O) groups is 2. The van der Waals surface area contributed by atoms with Crippen molar-refractivity contribution in [1.82, 2.24) is 4.90 Å². The van der Waals surface area contributed by atoms with Gasteiger partial charge in [0.25, 0.3) is 0 Å². The van der Waals surface area contributed by atoms with Crippen molar-refractivity contribution < 1.29 is 14.7 Å². The van der Waals surface area contributed by atoms with Crippen LogP contribution in [0.1, 0.15) is 19.3 Å². The Morgan fingerprint density at radius 2 is 2.07 bits per heavy atom. The number of carboxylic acids is 1. The van der Waals surface area contributed by atoms with Gasteiger partial charge in [0.1, 0.15) is 0 Å². The molecule has 0 radical (unpaired) electrons. The number of aliphatic carboxylic acids is 1. The van der Waals surface area contributed by atoms with Crippen LogP contribution < -0.4 is 0 Å². The van der Waals surface area contributed by atoms with Crippen LogP contribution in [0.2, 0.25) is 0 Å². The smallest absolute Gasteiger partial charge is 0.308 e. The molecule has 1 aliphatic carbocycles. The van der Waals surface area contributed by atoms with E-state index in [0.29, 0.717) is 12.5 Å². The van der Waals surface area contributed by atoms with E-state index in [1.165, 1.54) is 12.8 Å². The topological polar surface area (TPSA) is 57.6 Å². The van der Waals surface area contributed by atoms with E-state index in [2.05, 4.69) is 37.2 Å². The number of amides is 1. The summed E-state index contributed by atoms with van der Waals surface area (Å²) in [5.74, 6) is -0.645. The van der Waals surface area contributed by atoms with Crippen molar-refractivity contribution in [3.8, 4) is 0 Å². The number of nitrogens with zero attached hydrogens (tertiary/aromatic N) is 1. The number of likely N-dealkylation sites (tertiary alicyclic amines) is 1. The second-order valence-corrected chi connectivity index (χ2v) is 3.98. The van der Waals surface area contributed by atoms with Gasteiger partial charge in [0.15, 0.2) is 0 Å². The van der Waals surface area contributed by atoms with Crippen LogP contribution in [0.3, 0.4) is 0 Å². The van der Waals surface area contributed by atoms with Crippen LogP contribution in [0.4, 0.5) is 0 Å². The highest BCUT2D eigenvalue weighted by Crippen LogP contribution is 2.31. The first kappa shape index (κ1) is 13.5. The third-order valence-electron chi connectivity index (χ3n) is 2.74. The summed E-state index contributed by atoms with van der Waals surface area (Å²) in [6.45, 7) is 1.20. The summed E-state index contributed by atoms with van der Waals surface area (Å²) in [5, 5.41) is 8.72. The molecule has 6 heteroatoms. The van der Waals surface area contributed by atoms with Crippen LogP contribution in [0, 0.1) is 11.8 Å². The normalized spacial score (nSPS) is 24.8. The van der Waals surface area contributed by atoms with Crippen molar-refractivity contribution in [1.29, 1.82) is 0 Å². The van der Waals surface area contributed by atoms with E-state index in [4.69, 9.17) is 5.11 Å².